The van der Waals surface area contributed by atoms with Crippen molar-refractivity contribution in [2.45, 2.75) is 192 Å². The number of unbranched alkanes of at least 4 members (excludes halogenated alkanes) is 17. The summed E-state index contributed by atoms with van der Waals surface area (Å²) < 4.78 is 26.7. The first kappa shape index (κ1) is 46.8. The number of esters is 1. The van der Waals surface area contributed by atoms with Crippen LogP contribution in [0.4, 0.5) is 0 Å². The summed E-state index contributed by atoms with van der Waals surface area (Å²) in [5.41, 5.74) is 0. The van der Waals surface area contributed by atoms with Crippen molar-refractivity contribution in [1.29, 1.82) is 0 Å². The van der Waals surface area contributed by atoms with Gasteiger partial charge >= 0.3 is 13.8 Å². The molecule has 0 aromatic rings. The van der Waals surface area contributed by atoms with Gasteiger partial charge in [0.1, 0.15) is 6.61 Å². The van der Waals surface area contributed by atoms with Crippen molar-refractivity contribution in [3.05, 3.63) is 24.5 Å². The van der Waals surface area contributed by atoms with Crippen molar-refractivity contribution in [3.63, 3.8) is 0 Å². The maximum atomic E-state index is 12.5. The van der Waals surface area contributed by atoms with E-state index in [4.69, 9.17) is 19.3 Å². The normalized spacial score (nSPS) is 20.9. The van der Waals surface area contributed by atoms with E-state index in [1.165, 1.54) is 70.6 Å². The first-order valence-electron chi connectivity index (χ1n) is 20.0. The maximum absolute atomic E-state index is 12.5. The van der Waals surface area contributed by atoms with Gasteiger partial charge in [-0.3, -0.25) is 9.32 Å². The van der Waals surface area contributed by atoms with Gasteiger partial charge < -0.3 is 34.6 Å². The predicted molar refractivity (Wildman–Crippen MR) is 199 cm³/mol. The standard InChI is InChI=1S/C39H73O10P/c1-3-5-7-8-9-10-11-12-13-14-15-16-19-23-29-47-31-34(32-48-50(44,45)46)49-39(43)26-22-18-17-21-25-35-36(38(42)30-37(35)41)28-27-33(40)24-20-6-4-2/h23,27-29,33-38,40-42H,3-22,24-26,30-32H2,1-2H3,(H2,44,45,46)/b28-27+,29-23+/t33-,34+,35+,36+,37-,38+/m0/s1. The van der Waals surface area contributed by atoms with Crippen LogP contribution in [0.1, 0.15) is 168 Å². The molecule has 1 saturated carbocycles. The Morgan fingerprint density at radius 3 is 2.00 bits per heavy atom. The van der Waals surface area contributed by atoms with E-state index in [1.807, 2.05) is 12.2 Å². The summed E-state index contributed by atoms with van der Waals surface area (Å²) in [7, 11) is -4.73. The highest BCUT2D eigenvalue weighted by Gasteiger charge is 2.39. The molecule has 1 rings (SSSR count). The zero-order chi connectivity index (χ0) is 36.9. The van der Waals surface area contributed by atoms with Gasteiger partial charge in [-0.15, -0.1) is 0 Å². The Kier molecular flexibility index (Phi) is 28.3. The number of phosphoric acid groups is 1. The molecule has 0 radical (unpaired) electrons. The van der Waals surface area contributed by atoms with Crippen LogP contribution in [0.2, 0.25) is 0 Å². The van der Waals surface area contributed by atoms with Crippen molar-refractivity contribution >= 4 is 13.8 Å². The van der Waals surface area contributed by atoms with E-state index in [1.54, 1.807) is 12.3 Å². The highest BCUT2D eigenvalue weighted by atomic mass is 31.2. The average Bonchev–Trinajstić information content (AvgIpc) is 3.34. The van der Waals surface area contributed by atoms with E-state index < -0.39 is 44.8 Å². The SMILES string of the molecule is CCCCCCCCCCCCCC/C=C/OC[C@H](COP(=O)(O)O)OC(=O)CCCCCC[C@@H]1[C@@H](/C=C/[C@@H](O)CCCCC)[C@H](O)C[C@@H]1O. The molecule has 6 atom stereocenters. The highest BCUT2D eigenvalue weighted by molar-refractivity contribution is 7.46. The fourth-order valence-electron chi connectivity index (χ4n) is 6.68. The lowest BCUT2D eigenvalue weighted by atomic mass is 9.88. The third kappa shape index (κ3) is 25.7. The molecule has 11 heteroatoms. The van der Waals surface area contributed by atoms with E-state index in [9.17, 15) is 24.7 Å². The van der Waals surface area contributed by atoms with Crippen LogP contribution in [-0.2, 0) is 23.4 Å². The van der Waals surface area contributed by atoms with Gasteiger partial charge in [0.05, 0.1) is 31.2 Å². The van der Waals surface area contributed by atoms with Crippen LogP contribution < -0.4 is 0 Å². The van der Waals surface area contributed by atoms with Crippen LogP contribution in [0.25, 0.3) is 0 Å². The first-order valence-corrected chi connectivity index (χ1v) is 21.5. The molecule has 1 aliphatic rings. The lowest BCUT2D eigenvalue weighted by Crippen LogP contribution is -2.27. The van der Waals surface area contributed by atoms with Gasteiger partial charge in [0.2, 0.25) is 0 Å². The van der Waals surface area contributed by atoms with Crippen molar-refractivity contribution in [1.82, 2.24) is 0 Å². The molecular formula is C39H73O10P. The largest absolute Gasteiger partial charge is 0.498 e. The molecule has 10 nitrogen and oxygen atoms in total. The Morgan fingerprint density at radius 1 is 0.780 bits per heavy atom. The molecule has 0 spiro atoms. The van der Waals surface area contributed by atoms with E-state index in [-0.39, 0.29) is 24.9 Å². The number of hydrogen-bond donors (Lipinski definition) is 5. The monoisotopic (exact) mass is 732 g/mol. The van der Waals surface area contributed by atoms with Crippen LogP contribution >= 0.6 is 7.82 Å². The fraction of sp³-hybridized carbons (Fsp3) is 0.872. The number of allylic oxidation sites excluding steroid dienone is 1. The van der Waals surface area contributed by atoms with Crippen molar-refractivity contribution < 1.29 is 48.5 Å². The maximum Gasteiger partial charge on any atom is 0.469 e. The average molecular weight is 733 g/mol. The molecule has 0 amide bonds. The Balaban J connectivity index is 2.27. The molecule has 1 fully saturated rings. The smallest absolute Gasteiger partial charge is 0.469 e. The van der Waals surface area contributed by atoms with E-state index in [0.717, 1.165) is 57.8 Å². The van der Waals surface area contributed by atoms with E-state index >= 15 is 0 Å². The topological polar surface area (TPSA) is 163 Å². The summed E-state index contributed by atoms with van der Waals surface area (Å²) in [6, 6.07) is 0. The number of rotatable bonds is 33. The summed E-state index contributed by atoms with van der Waals surface area (Å²) in [5.74, 6) is -0.729. The molecule has 1 aliphatic carbocycles. The number of aliphatic hydroxyl groups excluding tert-OH is 3. The lowest BCUT2D eigenvalue weighted by Gasteiger charge is -2.21. The highest BCUT2D eigenvalue weighted by Crippen LogP contribution is 2.38. The van der Waals surface area contributed by atoms with Crippen molar-refractivity contribution in [3.8, 4) is 0 Å². The van der Waals surface area contributed by atoms with Crippen LogP contribution in [0.15, 0.2) is 24.5 Å². The minimum absolute atomic E-state index is 0.0672. The Morgan fingerprint density at radius 2 is 1.36 bits per heavy atom. The molecule has 0 saturated heterocycles. The summed E-state index contributed by atoms with van der Waals surface area (Å²) in [4.78, 5) is 30.7. The van der Waals surface area contributed by atoms with Gasteiger partial charge in [0.15, 0.2) is 6.10 Å². The fourth-order valence-corrected chi connectivity index (χ4v) is 7.04. The number of carbonyl (C=O) groups excluding carboxylic acids is 1. The van der Waals surface area contributed by atoms with E-state index in [2.05, 4.69) is 18.4 Å². The summed E-state index contributed by atoms with van der Waals surface area (Å²) in [5, 5.41) is 31.2. The molecule has 50 heavy (non-hydrogen) atoms. The second-order valence-corrected chi connectivity index (χ2v) is 15.5. The zero-order valence-corrected chi connectivity index (χ0v) is 32.3. The van der Waals surface area contributed by atoms with Gasteiger partial charge in [0.25, 0.3) is 0 Å². The summed E-state index contributed by atoms with van der Waals surface area (Å²) in [6.45, 7) is 3.83. The molecule has 0 aromatic carbocycles. The predicted octanol–water partition coefficient (Wildman–Crippen LogP) is 8.82. The van der Waals surface area contributed by atoms with Gasteiger partial charge in [-0.2, -0.15) is 0 Å². The van der Waals surface area contributed by atoms with Gasteiger partial charge in [-0.25, -0.2) is 4.57 Å². The molecular weight excluding hydrogens is 659 g/mol. The van der Waals surface area contributed by atoms with Gasteiger partial charge in [-0.05, 0) is 44.1 Å². The Labute approximate surface area is 303 Å². The number of phosphoric ester groups is 1. The molecule has 0 unspecified atom stereocenters. The minimum Gasteiger partial charge on any atom is -0.498 e. The first-order chi connectivity index (χ1) is 24.1. The van der Waals surface area contributed by atoms with Gasteiger partial charge in [0, 0.05) is 18.8 Å². The summed E-state index contributed by atoms with van der Waals surface area (Å²) >= 11 is 0. The van der Waals surface area contributed by atoms with Crippen molar-refractivity contribution in [2.24, 2.45) is 11.8 Å². The molecule has 294 valence electrons. The Bertz CT molecular complexity index is 923. The lowest BCUT2D eigenvalue weighted by molar-refractivity contribution is -0.153. The van der Waals surface area contributed by atoms with Crippen LogP contribution in [0, 0.1) is 11.8 Å². The molecule has 5 N–H and O–H groups in total. The quantitative estimate of drug-likeness (QED) is 0.0145. The third-order valence-electron chi connectivity index (χ3n) is 9.67. The molecule has 0 bridgehead atoms. The summed E-state index contributed by atoms with van der Waals surface area (Å²) in [6.07, 6.45) is 28.9. The molecule has 0 heterocycles. The van der Waals surface area contributed by atoms with Crippen LogP contribution in [0.5, 0.6) is 0 Å². The van der Waals surface area contributed by atoms with Crippen LogP contribution in [0.3, 0.4) is 0 Å². The number of carbonyl (C=O) groups is 1. The zero-order valence-electron chi connectivity index (χ0n) is 31.4. The Hall–Kier alpha value is -1.26. The van der Waals surface area contributed by atoms with Gasteiger partial charge in [-0.1, -0.05) is 135 Å². The molecule has 0 aliphatic heterocycles. The van der Waals surface area contributed by atoms with E-state index in [0.29, 0.717) is 19.3 Å². The minimum atomic E-state index is -4.73. The third-order valence-corrected chi connectivity index (χ3v) is 10.2. The second-order valence-electron chi connectivity index (χ2n) is 14.3. The van der Waals surface area contributed by atoms with Crippen LogP contribution in [-0.4, -0.2) is 68.7 Å². The number of aliphatic hydroxyl groups is 3. The molecule has 0 aromatic heterocycles. The number of ether oxygens (including phenoxy) is 2. The second kappa shape index (κ2) is 30.2. The van der Waals surface area contributed by atoms with Crippen molar-refractivity contribution in [2.75, 3.05) is 13.2 Å². The number of hydrogen-bond acceptors (Lipinski definition) is 8.